The Bertz CT molecular complexity index is 277. The van der Waals surface area contributed by atoms with Crippen LogP contribution >= 0.6 is 11.6 Å². The number of nitrogen functional groups attached to an aromatic ring is 1. The number of hydrogen-bond acceptors (Lipinski definition) is 4. The second kappa shape index (κ2) is 3.30. The van der Waals surface area contributed by atoms with E-state index in [1.807, 2.05) is 0 Å². The molecule has 0 aromatic carbocycles. The van der Waals surface area contributed by atoms with E-state index >= 15 is 0 Å². The van der Waals surface area contributed by atoms with Gasteiger partial charge in [0.2, 0.25) is 5.95 Å². The summed E-state index contributed by atoms with van der Waals surface area (Å²) in [5, 5.41) is 0.240. The van der Waals surface area contributed by atoms with Crippen LogP contribution < -0.4 is 5.73 Å². The van der Waals surface area contributed by atoms with E-state index in [1.165, 1.54) is 6.20 Å². The lowest BCUT2D eigenvalue weighted by Crippen LogP contribution is -1.98. The molecular weight excluding hydrogens is 166 g/mol. The summed E-state index contributed by atoms with van der Waals surface area (Å²) in [4.78, 5) is 17.4. The topological polar surface area (TPSA) is 68.9 Å². The lowest BCUT2D eigenvalue weighted by atomic mass is 10.3. The van der Waals surface area contributed by atoms with Crippen molar-refractivity contribution in [1.29, 1.82) is 0 Å². The fourth-order valence-electron chi connectivity index (χ4n) is 0.625. The standard InChI is InChI=1S/C6H6ClN3O/c7-5-4(1-2-11)3-9-6(8)10-5/h2-3H,1H2,(H2,8,9,10). The predicted octanol–water partition coefficient (Wildman–Crippen LogP) is 0.454. The molecule has 0 unspecified atom stereocenters. The Morgan fingerprint density at radius 3 is 3.00 bits per heavy atom. The highest BCUT2D eigenvalue weighted by atomic mass is 35.5. The number of carbonyl (C=O) groups is 1. The van der Waals surface area contributed by atoms with Gasteiger partial charge in [-0.15, -0.1) is 0 Å². The molecule has 1 aromatic heterocycles. The zero-order valence-electron chi connectivity index (χ0n) is 5.62. The molecule has 0 bridgehead atoms. The van der Waals surface area contributed by atoms with E-state index in [9.17, 15) is 4.79 Å². The summed E-state index contributed by atoms with van der Waals surface area (Å²) in [5.74, 6) is 0.115. The maximum Gasteiger partial charge on any atom is 0.221 e. The molecule has 0 saturated heterocycles. The summed E-state index contributed by atoms with van der Waals surface area (Å²) < 4.78 is 0. The van der Waals surface area contributed by atoms with Gasteiger partial charge in [-0.1, -0.05) is 11.6 Å². The molecule has 0 spiro atoms. The number of nitrogens with zero attached hydrogens (tertiary/aromatic N) is 2. The zero-order chi connectivity index (χ0) is 8.27. The van der Waals surface area contributed by atoms with Crippen molar-refractivity contribution in [2.24, 2.45) is 0 Å². The van der Waals surface area contributed by atoms with Gasteiger partial charge in [0.05, 0.1) is 0 Å². The van der Waals surface area contributed by atoms with Crippen molar-refractivity contribution in [1.82, 2.24) is 9.97 Å². The molecule has 1 heterocycles. The number of rotatable bonds is 2. The minimum absolute atomic E-state index is 0.115. The van der Waals surface area contributed by atoms with Crippen molar-refractivity contribution in [2.75, 3.05) is 5.73 Å². The number of nitrogens with two attached hydrogens (primary N) is 1. The molecule has 11 heavy (non-hydrogen) atoms. The number of anilines is 1. The number of halogens is 1. The molecule has 5 heteroatoms. The Balaban J connectivity index is 2.98. The van der Waals surface area contributed by atoms with Gasteiger partial charge in [0.25, 0.3) is 0 Å². The van der Waals surface area contributed by atoms with Crippen LogP contribution in [0.5, 0.6) is 0 Å². The maximum absolute atomic E-state index is 10.1. The molecular formula is C6H6ClN3O. The first kappa shape index (κ1) is 7.94. The lowest BCUT2D eigenvalue weighted by Gasteiger charge is -1.97. The minimum atomic E-state index is 0.115. The molecule has 0 aliphatic carbocycles. The fraction of sp³-hybridized carbons (Fsp3) is 0.167. The number of carbonyl (C=O) groups excluding carboxylic acids is 1. The summed E-state index contributed by atoms with van der Waals surface area (Å²) in [6.45, 7) is 0. The van der Waals surface area contributed by atoms with Crippen LogP contribution in [0.3, 0.4) is 0 Å². The van der Waals surface area contributed by atoms with Crippen molar-refractivity contribution in [3.8, 4) is 0 Å². The molecule has 0 amide bonds. The normalized spacial score (nSPS) is 9.55. The molecule has 0 aliphatic rings. The van der Waals surface area contributed by atoms with Crippen molar-refractivity contribution in [3.63, 3.8) is 0 Å². The molecule has 0 saturated carbocycles. The average Bonchev–Trinajstić information content (AvgIpc) is 1.95. The molecule has 0 radical (unpaired) electrons. The van der Waals surface area contributed by atoms with Gasteiger partial charge in [0.15, 0.2) is 0 Å². The number of hydrogen-bond donors (Lipinski definition) is 1. The lowest BCUT2D eigenvalue weighted by molar-refractivity contribution is -0.107. The van der Waals surface area contributed by atoms with E-state index in [1.54, 1.807) is 0 Å². The minimum Gasteiger partial charge on any atom is -0.368 e. The van der Waals surface area contributed by atoms with E-state index in [0.717, 1.165) is 6.29 Å². The first-order chi connectivity index (χ1) is 5.24. The fourth-order valence-corrected chi connectivity index (χ4v) is 0.838. The van der Waals surface area contributed by atoms with Crippen molar-refractivity contribution < 1.29 is 4.79 Å². The highest BCUT2D eigenvalue weighted by molar-refractivity contribution is 6.30. The van der Waals surface area contributed by atoms with Crippen molar-refractivity contribution >= 4 is 23.8 Å². The largest absolute Gasteiger partial charge is 0.368 e. The van der Waals surface area contributed by atoms with Crippen LogP contribution in [0.1, 0.15) is 5.56 Å². The van der Waals surface area contributed by atoms with Gasteiger partial charge in [-0.3, -0.25) is 0 Å². The van der Waals surface area contributed by atoms with Crippen molar-refractivity contribution in [3.05, 3.63) is 16.9 Å². The zero-order valence-corrected chi connectivity index (χ0v) is 6.38. The summed E-state index contributed by atoms with van der Waals surface area (Å²) >= 11 is 5.62. The molecule has 1 rings (SSSR count). The van der Waals surface area contributed by atoms with Gasteiger partial charge in [-0.25, -0.2) is 9.97 Å². The van der Waals surface area contributed by atoms with E-state index in [-0.39, 0.29) is 17.5 Å². The van der Waals surface area contributed by atoms with Crippen LogP contribution in [0.4, 0.5) is 5.95 Å². The highest BCUT2D eigenvalue weighted by Gasteiger charge is 2.01. The Kier molecular flexibility index (Phi) is 2.38. The van der Waals surface area contributed by atoms with Crippen LogP contribution in [-0.2, 0) is 11.2 Å². The third-order valence-corrected chi connectivity index (χ3v) is 1.46. The van der Waals surface area contributed by atoms with Crippen LogP contribution in [-0.4, -0.2) is 16.3 Å². The molecule has 4 nitrogen and oxygen atoms in total. The predicted molar refractivity (Wildman–Crippen MR) is 41.2 cm³/mol. The Labute approximate surface area is 68.4 Å². The van der Waals surface area contributed by atoms with Crippen LogP contribution in [0.2, 0.25) is 5.15 Å². The van der Waals surface area contributed by atoms with E-state index in [4.69, 9.17) is 17.3 Å². The summed E-state index contributed by atoms with van der Waals surface area (Å²) in [6, 6.07) is 0. The number of aromatic nitrogens is 2. The summed E-state index contributed by atoms with van der Waals surface area (Å²) in [5.41, 5.74) is 5.82. The Morgan fingerprint density at radius 2 is 2.45 bits per heavy atom. The first-order valence-corrected chi connectivity index (χ1v) is 3.32. The number of aldehydes is 1. The van der Waals surface area contributed by atoms with Gasteiger partial charge < -0.3 is 10.5 Å². The molecule has 0 atom stereocenters. The van der Waals surface area contributed by atoms with Crippen LogP contribution in [0, 0.1) is 0 Å². The van der Waals surface area contributed by atoms with E-state index < -0.39 is 0 Å². The highest BCUT2D eigenvalue weighted by Crippen LogP contribution is 2.11. The van der Waals surface area contributed by atoms with Gasteiger partial charge >= 0.3 is 0 Å². The van der Waals surface area contributed by atoms with Gasteiger partial charge in [0, 0.05) is 18.2 Å². The van der Waals surface area contributed by atoms with Gasteiger partial charge in [-0.2, -0.15) is 0 Å². The first-order valence-electron chi connectivity index (χ1n) is 2.94. The Morgan fingerprint density at radius 1 is 1.73 bits per heavy atom. The van der Waals surface area contributed by atoms with E-state index in [2.05, 4.69) is 9.97 Å². The molecule has 0 fully saturated rings. The third-order valence-electron chi connectivity index (χ3n) is 1.13. The molecule has 1 aromatic rings. The Hall–Kier alpha value is -1.16. The summed E-state index contributed by atoms with van der Waals surface area (Å²) in [7, 11) is 0. The molecule has 0 aliphatic heterocycles. The summed E-state index contributed by atoms with van der Waals surface area (Å²) in [6.07, 6.45) is 2.40. The maximum atomic E-state index is 10.1. The SMILES string of the molecule is Nc1ncc(CC=O)c(Cl)n1. The quantitative estimate of drug-likeness (QED) is 0.518. The second-order valence-corrected chi connectivity index (χ2v) is 2.27. The van der Waals surface area contributed by atoms with Gasteiger partial charge in [-0.05, 0) is 0 Å². The monoisotopic (exact) mass is 171 g/mol. The molecule has 2 N–H and O–H groups in total. The third kappa shape index (κ3) is 1.88. The van der Waals surface area contributed by atoms with E-state index in [0.29, 0.717) is 5.56 Å². The van der Waals surface area contributed by atoms with Crippen LogP contribution in [0.25, 0.3) is 0 Å². The van der Waals surface area contributed by atoms with Gasteiger partial charge in [0.1, 0.15) is 11.4 Å². The second-order valence-electron chi connectivity index (χ2n) is 1.92. The van der Waals surface area contributed by atoms with Crippen molar-refractivity contribution in [2.45, 2.75) is 6.42 Å². The average molecular weight is 172 g/mol. The van der Waals surface area contributed by atoms with Crippen LogP contribution in [0.15, 0.2) is 6.20 Å². The molecule has 58 valence electrons. The smallest absolute Gasteiger partial charge is 0.221 e.